The molecule has 14 heavy (non-hydrogen) atoms. The molecule has 0 unspecified atom stereocenters. The largest absolute Gasteiger partial charge is 0.397 e. The van der Waals surface area contributed by atoms with E-state index in [0.717, 1.165) is 23.6 Å². The van der Waals surface area contributed by atoms with Crippen LogP contribution in [0.1, 0.15) is 25.3 Å². The molecule has 0 radical (unpaired) electrons. The maximum atomic E-state index is 5.65. The second-order valence-corrected chi connectivity index (χ2v) is 3.68. The third kappa shape index (κ3) is 2.62. The van der Waals surface area contributed by atoms with Gasteiger partial charge < -0.3 is 10.6 Å². The highest BCUT2D eigenvalue weighted by Gasteiger charge is 2.05. The summed E-state index contributed by atoms with van der Waals surface area (Å²) in [7, 11) is 2.07. The summed E-state index contributed by atoms with van der Waals surface area (Å²) in [6.45, 7) is 5.28. The lowest BCUT2D eigenvalue weighted by atomic mass is 10.2. The van der Waals surface area contributed by atoms with Crippen molar-refractivity contribution in [2.24, 2.45) is 0 Å². The van der Waals surface area contributed by atoms with Gasteiger partial charge in [-0.1, -0.05) is 13.3 Å². The van der Waals surface area contributed by atoms with Crippen molar-refractivity contribution in [1.82, 2.24) is 4.98 Å². The predicted molar refractivity (Wildman–Crippen MR) is 61.6 cm³/mol. The standard InChI is InChI=1S/C11H19N3/c1-4-5-6-14(3)11-9(2)7-10(12)8-13-11/h7-8H,4-6,12H2,1-3H3. The van der Waals surface area contributed by atoms with Crippen LogP contribution in [-0.2, 0) is 0 Å². The maximum absolute atomic E-state index is 5.65. The average molecular weight is 193 g/mol. The van der Waals surface area contributed by atoms with Crippen molar-refractivity contribution in [2.75, 3.05) is 24.2 Å². The van der Waals surface area contributed by atoms with E-state index in [9.17, 15) is 0 Å². The summed E-state index contributed by atoms with van der Waals surface area (Å²) in [6.07, 6.45) is 4.12. The van der Waals surface area contributed by atoms with Crippen LogP contribution in [-0.4, -0.2) is 18.6 Å². The second-order valence-electron chi connectivity index (χ2n) is 3.68. The first kappa shape index (κ1) is 10.8. The highest BCUT2D eigenvalue weighted by molar-refractivity contribution is 5.52. The molecule has 0 aromatic carbocycles. The molecule has 1 heterocycles. The van der Waals surface area contributed by atoms with Crippen LogP contribution >= 0.6 is 0 Å². The number of aromatic nitrogens is 1. The van der Waals surface area contributed by atoms with Crippen LogP contribution in [0.2, 0.25) is 0 Å². The lowest BCUT2D eigenvalue weighted by Crippen LogP contribution is -2.20. The third-order valence-corrected chi connectivity index (χ3v) is 2.28. The average Bonchev–Trinajstić information content (AvgIpc) is 2.14. The summed E-state index contributed by atoms with van der Waals surface area (Å²) in [6, 6.07) is 1.96. The van der Waals surface area contributed by atoms with Crippen molar-refractivity contribution in [3.05, 3.63) is 17.8 Å². The molecule has 0 amide bonds. The minimum Gasteiger partial charge on any atom is -0.397 e. The molecule has 1 rings (SSSR count). The second kappa shape index (κ2) is 4.84. The van der Waals surface area contributed by atoms with Crippen molar-refractivity contribution in [1.29, 1.82) is 0 Å². The number of rotatable bonds is 4. The summed E-state index contributed by atoms with van der Waals surface area (Å²) in [5.41, 5.74) is 7.52. The Bertz CT molecular complexity index is 297. The van der Waals surface area contributed by atoms with E-state index in [2.05, 4.69) is 23.9 Å². The van der Waals surface area contributed by atoms with Gasteiger partial charge in [-0.05, 0) is 25.0 Å². The molecule has 1 aromatic rings. The predicted octanol–water partition coefficient (Wildman–Crippen LogP) is 2.21. The van der Waals surface area contributed by atoms with E-state index in [1.807, 2.05) is 13.0 Å². The molecular weight excluding hydrogens is 174 g/mol. The Morgan fingerprint density at radius 3 is 2.79 bits per heavy atom. The number of anilines is 2. The van der Waals surface area contributed by atoms with Gasteiger partial charge in [-0.25, -0.2) is 4.98 Å². The fraction of sp³-hybridized carbons (Fsp3) is 0.545. The van der Waals surface area contributed by atoms with Gasteiger partial charge in [0.05, 0.1) is 11.9 Å². The van der Waals surface area contributed by atoms with Gasteiger partial charge in [-0.3, -0.25) is 0 Å². The molecule has 0 bridgehead atoms. The lowest BCUT2D eigenvalue weighted by Gasteiger charge is -2.19. The number of nitrogens with two attached hydrogens (primary N) is 1. The van der Waals surface area contributed by atoms with Gasteiger partial charge in [0.2, 0.25) is 0 Å². The molecule has 0 aliphatic carbocycles. The van der Waals surface area contributed by atoms with Gasteiger partial charge in [0.15, 0.2) is 0 Å². The van der Waals surface area contributed by atoms with E-state index in [1.54, 1.807) is 6.20 Å². The summed E-state index contributed by atoms with van der Waals surface area (Å²) in [4.78, 5) is 6.51. The zero-order chi connectivity index (χ0) is 10.6. The van der Waals surface area contributed by atoms with Crippen LogP contribution in [0, 0.1) is 6.92 Å². The highest BCUT2D eigenvalue weighted by atomic mass is 15.2. The van der Waals surface area contributed by atoms with Crippen molar-refractivity contribution in [3.63, 3.8) is 0 Å². The number of pyridine rings is 1. The summed E-state index contributed by atoms with van der Waals surface area (Å²) >= 11 is 0. The van der Waals surface area contributed by atoms with Gasteiger partial charge in [-0.2, -0.15) is 0 Å². The molecule has 0 aliphatic heterocycles. The van der Waals surface area contributed by atoms with Gasteiger partial charge in [-0.15, -0.1) is 0 Å². The maximum Gasteiger partial charge on any atom is 0.131 e. The normalized spacial score (nSPS) is 10.2. The zero-order valence-corrected chi connectivity index (χ0v) is 9.25. The summed E-state index contributed by atoms with van der Waals surface area (Å²) in [5.74, 6) is 1.03. The molecule has 2 N–H and O–H groups in total. The van der Waals surface area contributed by atoms with Gasteiger partial charge in [0, 0.05) is 13.6 Å². The van der Waals surface area contributed by atoms with Crippen LogP contribution in [0.5, 0.6) is 0 Å². The minimum atomic E-state index is 0.732. The SMILES string of the molecule is CCCCN(C)c1ncc(N)cc1C. The first-order chi connectivity index (χ1) is 6.65. The van der Waals surface area contributed by atoms with Crippen molar-refractivity contribution in [2.45, 2.75) is 26.7 Å². The number of nitrogens with zero attached hydrogens (tertiary/aromatic N) is 2. The Kier molecular flexibility index (Phi) is 3.74. The number of unbranched alkanes of at least 4 members (excludes halogenated alkanes) is 1. The summed E-state index contributed by atoms with van der Waals surface area (Å²) < 4.78 is 0. The highest BCUT2D eigenvalue weighted by Crippen LogP contribution is 2.17. The fourth-order valence-corrected chi connectivity index (χ4v) is 1.49. The molecule has 0 saturated heterocycles. The van der Waals surface area contributed by atoms with E-state index in [-0.39, 0.29) is 0 Å². The smallest absolute Gasteiger partial charge is 0.131 e. The molecule has 0 aliphatic rings. The monoisotopic (exact) mass is 193 g/mol. The van der Waals surface area contributed by atoms with Crippen LogP contribution < -0.4 is 10.6 Å². The minimum absolute atomic E-state index is 0.732. The van der Waals surface area contributed by atoms with Gasteiger partial charge in [0.25, 0.3) is 0 Å². The van der Waals surface area contributed by atoms with E-state index in [1.165, 1.54) is 12.8 Å². The topological polar surface area (TPSA) is 42.2 Å². The first-order valence-corrected chi connectivity index (χ1v) is 5.08. The Morgan fingerprint density at radius 2 is 2.21 bits per heavy atom. The van der Waals surface area contributed by atoms with Crippen LogP contribution in [0.4, 0.5) is 11.5 Å². The molecule has 0 saturated carbocycles. The quantitative estimate of drug-likeness (QED) is 0.797. The Labute approximate surface area is 85.9 Å². The number of aryl methyl sites for hydroxylation is 1. The van der Waals surface area contributed by atoms with E-state index in [4.69, 9.17) is 5.73 Å². The zero-order valence-electron chi connectivity index (χ0n) is 9.25. The molecule has 0 fully saturated rings. The van der Waals surface area contributed by atoms with Crippen LogP contribution in [0.25, 0.3) is 0 Å². The number of hydrogen-bond acceptors (Lipinski definition) is 3. The summed E-state index contributed by atoms with van der Waals surface area (Å²) in [5, 5.41) is 0. The number of hydrogen-bond donors (Lipinski definition) is 1. The van der Waals surface area contributed by atoms with E-state index < -0.39 is 0 Å². The first-order valence-electron chi connectivity index (χ1n) is 5.08. The van der Waals surface area contributed by atoms with Gasteiger partial charge in [0.1, 0.15) is 5.82 Å². The van der Waals surface area contributed by atoms with Gasteiger partial charge >= 0.3 is 0 Å². The van der Waals surface area contributed by atoms with Crippen molar-refractivity contribution in [3.8, 4) is 0 Å². The molecule has 0 atom stereocenters. The lowest BCUT2D eigenvalue weighted by molar-refractivity contribution is 0.758. The van der Waals surface area contributed by atoms with Crippen LogP contribution in [0.3, 0.4) is 0 Å². The Balaban J connectivity index is 2.74. The molecule has 78 valence electrons. The molecule has 1 aromatic heterocycles. The Morgan fingerprint density at radius 1 is 1.50 bits per heavy atom. The molecular formula is C11H19N3. The van der Waals surface area contributed by atoms with Crippen LogP contribution in [0.15, 0.2) is 12.3 Å². The molecule has 0 spiro atoms. The fourth-order valence-electron chi connectivity index (χ4n) is 1.49. The third-order valence-electron chi connectivity index (χ3n) is 2.28. The number of nitrogen functional groups attached to an aromatic ring is 1. The Hall–Kier alpha value is -1.25. The van der Waals surface area contributed by atoms with Crippen molar-refractivity contribution >= 4 is 11.5 Å². The van der Waals surface area contributed by atoms with Crippen molar-refractivity contribution < 1.29 is 0 Å². The molecule has 3 heteroatoms. The molecule has 3 nitrogen and oxygen atoms in total. The van der Waals surface area contributed by atoms with E-state index in [0.29, 0.717) is 0 Å². The van der Waals surface area contributed by atoms with E-state index >= 15 is 0 Å².